The highest BCUT2D eigenvalue weighted by Crippen LogP contribution is 2.14. The van der Waals surface area contributed by atoms with Gasteiger partial charge in [0.1, 0.15) is 0 Å². The molecule has 0 aromatic heterocycles. The quantitative estimate of drug-likeness (QED) is 0.697. The minimum atomic E-state index is 0. The van der Waals surface area contributed by atoms with E-state index in [0.717, 1.165) is 6.54 Å². The van der Waals surface area contributed by atoms with Crippen molar-refractivity contribution in [1.29, 1.82) is 0 Å². The molecule has 1 rings (SSSR count). The predicted molar refractivity (Wildman–Crippen MR) is 51.6 cm³/mol. The van der Waals surface area contributed by atoms with Crippen molar-refractivity contribution in [3.63, 3.8) is 0 Å². The molecule has 1 aliphatic rings. The van der Waals surface area contributed by atoms with Crippen LogP contribution in [-0.2, 0) is 4.79 Å². The van der Waals surface area contributed by atoms with Crippen molar-refractivity contribution in [3.05, 3.63) is 0 Å². The zero-order valence-corrected chi connectivity index (χ0v) is 8.49. The Hall–Kier alpha value is -0.280. The molecule has 0 saturated carbocycles. The summed E-state index contributed by atoms with van der Waals surface area (Å²) in [5, 5.41) is 2.63. The molecule has 12 heavy (non-hydrogen) atoms. The van der Waals surface area contributed by atoms with Gasteiger partial charge in [0, 0.05) is 13.1 Å². The van der Waals surface area contributed by atoms with Crippen LogP contribution in [0.15, 0.2) is 0 Å². The number of halogens is 1. The topological polar surface area (TPSA) is 32.3 Å². The third-order valence-electron chi connectivity index (χ3n) is 2.32. The van der Waals surface area contributed by atoms with Crippen molar-refractivity contribution in [3.8, 4) is 0 Å². The van der Waals surface area contributed by atoms with Crippen LogP contribution in [0.3, 0.4) is 0 Å². The van der Waals surface area contributed by atoms with Crippen molar-refractivity contribution in [2.45, 2.75) is 25.8 Å². The molecule has 0 radical (unpaired) electrons. The molecule has 0 aromatic carbocycles. The molecule has 1 heterocycles. The van der Waals surface area contributed by atoms with Crippen LogP contribution in [-0.4, -0.2) is 37.0 Å². The lowest BCUT2D eigenvalue weighted by Crippen LogP contribution is -2.37. The third-order valence-corrected chi connectivity index (χ3v) is 2.32. The monoisotopic (exact) mass is 192 g/mol. The van der Waals surface area contributed by atoms with Crippen molar-refractivity contribution < 1.29 is 4.79 Å². The first kappa shape index (κ1) is 11.7. The van der Waals surface area contributed by atoms with Gasteiger partial charge in [-0.2, -0.15) is 0 Å². The maximum absolute atomic E-state index is 11.0. The number of hydrogen-bond acceptors (Lipinski definition) is 2. The second-order valence-corrected chi connectivity index (χ2v) is 3.13. The number of nitrogens with zero attached hydrogens (tertiary/aromatic N) is 1. The Bertz CT molecular complexity index is 152. The molecule has 72 valence electrons. The molecule has 0 aliphatic carbocycles. The molecular formula is C8H17ClN2O. The van der Waals surface area contributed by atoms with Gasteiger partial charge >= 0.3 is 0 Å². The molecule has 1 aliphatic heterocycles. The van der Waals surface area contributed by atoms with Gasteiger partial charge in [-0.05, 0) is 26.3 Å². The normalized spacial score (nSPS) is 23.3. The van der Waals surface area contributed by atoms with E-state index < -0.39 is 0 Å². The standard InChI is InChI=1S/C8H16N2O.ClH/c1-7-4-3-5-10(7)6-8(11)9-2;/h7H,3-6H2,1-2H3,(H,9,11);1H. The summed E-state index contributed by atoms with van der Waals surface area (Å²) in [7, 11) is 1.68. The summed E-state index contributed by atoms with van der Waals surface area (Å²) in [6.45, 7) is 3.82. The van der Waals surface area contributed by atoms with Crippen LogP contribution >= 0.6 is 12.4 Å². The Morgan fingerprint density at radius 2 is 2.33 bits per heavy atom. The second kappa shape index (κ2) is 5.38. The van der Waals surface area contributed by atoms with E-state index >= 15 is 0 Å². The number of carbonyl (C=O) groups excluding carboxylic acids is 1. The lowest BCUT2D eigenvalue weighted by Gasteiger charge is -2.19. The molecule has 1 N–H and O–H groups in total. The number of likely N-dealkylation sites (N-methyl/N-ethyl adjacent to an activating group) is 1. The van der Waals surface area contributed by atoms with Gasteiger partial charge in [-0.25, -0.2) is 0 Å². The van der Waals surface area contributed by atoms with Crippen molar-refractivity contribution in [2.75, 3.05) is 20.1 Å². The van der Waals surface area contributed by atoms with Crippen molar-refractivity contribution >= 4 is 18.3 Å². The lowest BCUT2D eigenvalue weighted by atomic mass is 10.2. The van der Waals surface area contributed by atoms with Crippen LogP contribution in [0.25, 0.3) is 0 Å². The molecule has 1 saturated heterocycles. The summed E-state index contributed by atoms with van der Waals surface area (Å²) in [5.74, 6) is 0.124. The van der Waals surface area contributed by atoms with E-state index in [1.54, 1.807) is 7.05 Å². The van der Waals surface area contributed by atoms with Gasteiger partial charge in [0.25, 0.3) is 0 Å². The van der Waals surface area contributed by atoms with Gasteiger partial charge in [-0.1, -0.05) is 0 Å². The fourth-order valence-electron chi connectivity index (χ4n) is 1.49. The maximum atomic E-state index is 11.0. The SMILES string of the molecule is CNC(=O)CN1CCCC1C.Cl. The number of likely N-dealkylation sites (tertiary alicyclic amines) is 1. The van der Waals surface area contributed by atoms with E-state index in [4.69, 9.17) is 0 Å². The first-order chi connectivity index (χ1) is 5.24. The number of hydrogen-bond donors (Lipinski definition) is 1. The van der Waals surface area contributed by atoms with E-state index in [1.807, 2.05) is 0 Å². The molecule has 1 unspecified atom stereocenters. The molecule has 0 aromatic rings. The molecule has 1 atom stereocenters. The van der Waals surface area contributed by atoms with E-state index in [0.29, 0.717) is 12.6 Å². The molecule has 1 amide bonds. The minimum Gasteiger partial charge on any atom is -0.358 e. The molecular weight excluding hydrogens is 176 g/mol. The average molecular weight is 193 g/mol. The summed E-state index contributed by atoms with van der Waals surface area (Å²) < 4.78 is 0. The van der Waals surface area contributed by atoms with Gasteiger partial charge in [-0.3, -0.25) is 9.69 Å². The van der Waals surface area contributed by atoms with E-state index in [2.05, 4.69) is 17.1 Å². The summed E-state index contributed by atoms with van der Waals surface area (Å²) in [5.41, 5.74) is 0. The highest BCUT2D eigenvalue weighted by molar-refractivity contribution is 5.85. The van der Waals surface area contributed by atoms with Crippen molar-refractivity contribution in [2.24, 2.45) is 0 Å². The average Bonchev–Trinajstić information content (AvgIpc) is 2.37. The largest absolute Gasteiger partial charge is 0.358 e. The lowest BCUT2D eigenvalue weighted by molar-refractivity contribution is -0.121. The Morgan fingerprint density at radius 3 is 2.75 bits per heavy atom. The zero-order valence-electron chi connectivity index (χ0n) is 7.67. The van der Waals surface area contributed by atoms with Gasteiger partial charge < -0.3 is 5.32 Å². The van der Waals surface area contributed by atoms with E-state index in [1.165, 1.54) is 12.8 Å². The van der Waals surface area contributed by atoms with Crippen LogP contribution < -0.4 is 5.32 Å². The van der Waals surface area contributed by atoms with Crippen molar-refractivity contribution in [1.82, 2.24) is 10.2 Å². The number of nitrogens with one attached hydrogen (secondary N) is 1. The van der Waals surface area contributed by atoms with Gasteiger partial charge in [0.15, 0.2) is 0 Å². The summed E-state index contributed by atoms with van der Waals surface area (Å²) in [6.07, 6.45) is 2.47. The Morgan fingerprint density at radius 1 is 1.67 bits per heavy atom. The first-order valence-corrected chi connectivity index (χ1v) is 4.18. The highest BCUT2D eigenvalue weighted by Gasteiger charge is 2.21. The molecule has 1 fully saturated rings. The highest BCUT2D eigenvalue weighted by atomic mass is 35.5. The van der Waals surface area contributed by atoms with Crippen LogP contribution in [0, 0.1) is 0 Å². The van der Waals surface area contributed by atoms with Crippen LogP contribution in [0.4, 0.5) is 0 Å². The van der Waals surface area contributed by atoms with Gasteiger partial charge in [0.2, 0.25) is 5.91 Å². The molecule has 0 bridgehead atoms. The molecule has 0 spiro atoms. The second-order valence-electron chi connectivity index (χ2n) is 3.13. The number of carbonyl (C=O) groups is 1. The summed E-state index contributed by atoms with van der Waals surface area (Å²) >= 11 is 0. The Kier molecular flexibility index (Phi) is 5.25. The van der Waals surface area contributed by atoms with Crippen LogP contribution in [0.5, 0.6) is 0 Å². The Balaban J connectivity index is 0.00000121. The fraction of sp³-hybridized carbons (Fsp3) is 0.875. The smallest absolute Gasteiger partial charge is 0.233 e. The molecule has 3 nitrogen and oxygen atoms in total. The summed E-state index contributed by atoms with van der Waals surface area (Å²) in [6, 6.07) is 0.590. The van der Waals surface area contributed by atoms with E-state index in [-0.39, 0.29) is 18.3 Å². The van der Waals surface area contributed by atoms with Gasteiger partial charge in [-0.15, -0.1) is 12.4 Å². The number of amides is 1. The fourth-order valence-corrected chi connectivity index (χ4v) is 1.49. The minimum absolute atomic E-state index is 0. The predicted octanol–water partition coefficient (Wildman–Crippen LogP) is 0.638. The van der Waals surface area contributed by atoms with Crippen LogP contribution in [0.2, 0.25) is 0 Å². The van der Waals surface area contributed by atoms with E-state index in [9.17, 15) is 4.79 Å². The number of rotatable bonds is 2. The molecule has 4 heteroatoms. The zero-order chi connectivity index (χ0) is 8.27. The van der Waals surface area contributed by atoms with Gasteiger partial charge in [0.05, 0.1) is 6.54 Å². The van der Waals surface area contributed by atoms with Crippen LogP contribution in [0.1, 0.15) is 19.8 Å². The first-order valence-electron chi connectivity index (χ1n) is 4.18. The maximum Gasteiger partial charge on any atom is 0.233 e. The summed E-state index contributed by atoms with van der Waals surface area (Å²) in [4.78, 5) is 13.2. The third kappa shape index (κ3) is 2.99. The Labute approximate surface area is 79.9 Å².